The summed E-state index contributed by atoms with van der Waals surface area (Å²) in [5, 5.41) is 8.06. The van der Waals surface area contributed by atoms with Crippen molar-refractivity contribution in [3.8, 4) is 5.88 Å². The second kappa shape index (κ2) is 6.10. The summed E-state index contributed by atoms with van der Waals surface area (Å²) in [5.74, 6) is 3.76. The van der Waals surface area contributed by atoms with Gasteiger partial charge in [-0.1, -0.05) is 0 Å². The Morgan fingerprint density at radius 1 is 1.17 bits per heavy atom. The maximum absolute atomic E-state index is 5.77. The molecule has 0 bridgehead atoms. The van der Waals surface area contributed by atoms with E-state index in [-0.39, 0.29) is 0 Å². The molecule has 2 aromatic rings. The molecule has 1 saturated carbocycles. The molecule has 0 radical (unpaired) electrons. The van der Waals surface area contributed by atoms with E-state index in [1.165, 1.54) is 12.8 Å². The van der Waals surface area contributed by atoms with Crippen LogP contribution in [0, 0.1) is 12.8 Å². The number of anilines is 1. The minimum absolute atomic E-state index is 0.498. The fraction of sp³-hybridized carbons (Fsp3) is 0.529. The highest BCUT2D eigenvalue weighted by Crippen LogP contribution is 2.38. The minimum atomic E-state index is 0.498. The van der Waals surface area contributed by atoms with Gasteiger partial charge in [0.2, 0.25) is 5.88 Å². The van der Waals surface area contributed by atoms with Crippen LogP contribution in [-0.2, 0) is 0 Å². The van der Waals surface area contributed by atoms with Crippen LogP contribution in [0.15, 0.2) is 24.4 Å². The van der Waals surface area contributed by atoms with Crippen LogP contribution < -0.4 is 9.64 Å². The van der Waals surface area contributed by atoms with Crippen molar-refractivity contribution in [1.29, 1.82) is 0 Å². The fourth-order valence-corrected chi connectivity index (χ4v) is 2.92. The molecule has 0 aromatic carbocycles. The van der Waals surface area contributed by atoms with Crippen molar-refractivity contribution in [2.75, 3.05) is 24.6 Å². The first-order valence-corrected chi connectivity index (χ1v) is 8.29. The first kappa shape index (κ1) is 14.4. The molecule has 6 heteroatoms. The molecular weight excluding hydrogens is 290 g/mol. The van der Waals surface area contributed by atoms with E-state index < -0.39 is 0 Å². The molecule has 1 aliphatic heterocycles. The maximum atomic E-state index is 5.77. The van der Waals surface area contributed by atoms with Crippen LogP contribution in [0.3, 0.4) is 0 Å². The van der Waals surface area contributed by atoms with Crippen LogP contribution in [-0.4, -0.2) is 39.9 Å². The second-order valence-corrected chi connectivity index (χ2v) is 6.47. The van der Waals surface area contributed by atoms with Gasteiger partial charge in [0.25, 0.3) is 0 Å². The number of hydrogen-bond donors (Lipinski definition) is 0. The van der Waals surface area contributed by atoms with Gasteiger partial charge in [-0.15, -0.1) is 5.10 Å². The Kier molecular flexibility index (Phi) is 3.81. The third-order valence-corrected chi connectivity index (χ3v) is 4.45. The molecule has 0 amide bonds. The zero-order chi connectivity index (χ0) is 15.6. The van der Waals surface area contributed by atoms with Gasteiger partial charge in [-0.05, 0) is 38.3 Å². The highest BCUT2D eigenvalue weighted by atomic mass is 16.5. The van der Waals surface area contributed by atoms with Crippen molar-refractivity contribution in [3.05, 3.63) is 35.9 Å². The number of aryl methyl sites for hydroxylation is 1. The normalized spacial score (nSPS) is 20.7. The number of hydrogen-bond acceptors (Lipinski definition) is 6. The lowest BCUT2D eigenvalue weighted by Gasteiger charge is -2.18. The summed E-state index contributed by atoms with van der Waals surface area (Å²) in [6.07, 6.45) is 5.47. The highest BCUT2D eigenvalue weighted by Gasteiger charge is 2.28. The summed E-state index contributed by atoms with van der Waals surface area (Å²) in [7, 11) is 0. The first-order valence-electron chi connectivity index (χ1n) is 8.29. The van der Waals surface area contributed by atoms with Crippen molar-refractivity contribution >= 4 is 5.82 Å². The van der Waals surface area contributed by atoms with Crippen molar-refractivity contribution in [2.24, 2.45) is 5.92 Å². The van der Waals surface area contributed by atoms with E-state index in [4.69, 9.17) is 9.72 Å². The van der Waals surface area contributed by atoms with Gasteiger partial charge in [0.1, 0.15) is 11.6 Å². The Bertz CT molecular complexity index is 671. The summed E-state index contributed by atoms with van der Waals surface area (Å²) in [4.78, 5) is 11.5. The van der Waals surface area contributed by atoms with Gasteiger partial charge in [-0.3, -0.25) is 0 Å². The summed E-state index contributed by atoms with van der Waals surface area (Å²) < 4.78 is 5.77. The monoisotopic (exact) mass is 311 g/mol. The van der Waals surface area contributed by atoms with Crippen LogP contribution >= 0.6 is 0 Å². The Balaban J connectivity index is 1.33. The quantitative estimate of drug-likeness (QED) is 0.844. The van der Waals surface area contributed by atoms with Gasteiger partial charge in [0, 0.05) is 37.2 Å². The Labute approximate surface area is 135 Å². The van der Waals surface area contributed by atoms with Crippen LogP contribution in [0.5, 0.6) is 5.88 Å². The van der Waals surface area contributed by atoms with Crippen LogP contribution in [0.1, 0.15) is 36.7 Å². The molecule has 120 valence electrons. The first-order chi connectivity index (χ1) is 11.3. The molecule has 6 nitrogen and oxygen atoms in total. The molecule has 0 spiro atoms. The van der Waals surface area contributed by atoms with E-state index in [2.05, 4.69) is 20.1 Å². The second-order valence-electron chi connectivity index (χ2n) is 6.47. The SMILES string of the molecule is Cc1ccc(OCC2CCN(c3ccnc(C4CC4)n3)C2)nn1. The maximum Gasteiger partial charge on any atom is 0.233 e. The van der Waals surface area contributed by atoms with E-state index in [9.17, 15) is 0 Å². The van der Waals surface area contributed by atoms with E-state index >= 15 is 0 Å². The summed E-state index contributed by atoms with van der Waals surface area (Å²) in [6, 6.07) is 5.81. The zero-order valence-corrected chi connectivity index (χ0v) is 13.4. The van der Waals surface area contributed by atoms with Gasteiger partial charge in [0.05, 0.1) is 12.3 Å². The van der Waals surface area contributed by atoms with Crippen molar-refractivity contribution in [3.63, 3.8) is 0 Å². The standard InChI is InChI=1S/C17H21N5O/c1-12-2-5-16(21-20-12)23-11-13-7-9-22(10-13)15-6-8-18-17(19-15)14-3-4-14/h2,5-6,8,13-14H,3-4,7,9-11H2,1H3. The molecule has 23 heavy (non-hydrogen) atoms. The lowest BCUT2D eigenvalue weighted by molar-refractivity contribution is 0.249. The Morgan fingerprint density at radius 2 is 2.09 bits per heavy atom. The number of ether oxygens (including phenoxy) is 1. The van der Waals surface area contributed by atoms with E-state index in [0.29, 0.717) is 24.3 Å². The van der Waals surface area contributed by atoms with Crippen molar-refractivity contribution in [2.45, 2.75) is 32.1 Å². The Morgan fingerprint density at radius 3 is 2.87 bits per heavy atom. The van der Waals surface area contributed by atoms with Gasteiger partial charge in [-0.25, -0.2) is 9.97 Å². The van der Waals surface area contributed by atoms with Gasteiger partial charge < -0.3 is 9.64 Å². The van der Waals surface area contributed by atoms with Crippen molar-refractivity contribution in [1.82, 2.24) is 20.2 Å². The van der Waals surface area contributed by atoms with Crippen LogP contribution in [0.2, 0.25) is 0 Å². The lowest BCUT2D eigenvalue weighted by Crippen LogP contribution is -2.23. The summed E-state index contributed by atoms with van der Waals surface area (Å²) in [6.45, 7) is 4.59. The number of aromatic nitrogens is 4. The smallest absolute Gasteiger partial charge is 0.233 e. The summed E-state index contributed by atoms with van der Waals surface area (Å²) >= 11 is 0. The van der Waals surface area contributed by atoms with Gasteiger partial charge in [-0.2, -0.15) is 5.10 Å². The molecule has 2 aromatic heterocycles. The predicted octanol–water partition coefficient (Wildman–Crippen LogP) is 2.36. The molecule has 2 aliphatic rings. The third-order valence-electron chi connectivity index (χ3n) is 4.45. The van der Waals surface area contributed by atoms with E-state index in [1.54, 1.807) is 0 Å². The molecule has 0 N–H and O–H groups in total. The predicted molar refractivity (Wildman–Crippen MR) is 86.6 cm³/mol. The zero-order valence-electron chi connectivity index (χ0n) is 13.4. The number of nitrogens with zero attached hydrogens (tertiary/aromatic N) is 5. The van der Waals surface area contributed by atoms with E-state index in [0.717, 1.165) is 36.8 Å². The summed E-state index contributed by atoms with van der Waals surface area (Å²) in [5.41, 5.74) is 0.902. The fourth-order valence-electron chi connectivity index (χ4n) is 2.92. The molecule has 3 heterocycles. The lowest BCUT2D eigenvalue weighted by atomic mass is 10.1. The molecule has 1 atom stereocenters. The molecule has 4 rings (SSSR count). The molecule has 1 unspecified atom stereocenters. The average molecular weight is 311 g/mol. The highest BCUT2D eigenvalue weighted by molar-refractivity contribution is 5.39. The third kappa shape index (κ3) is 3.41. The average Bonchev–Trinajstić information content (AvgIpc) is 3.33. The molecule has 2 fully saturated rings. The van der Waals surface area contributed by atoms with Gasteiger partial charge >= 0.3 is 0 Å². The minimum Gasteiger partial charge on any atom is -0.476 e. The topological polar surface area (TPSA) is 64.0 Å². The van der Waals surface area contributed by atoms with Crippen LogP contribution in [0.25, 0.3) is 0 Å². The molecule has 1 aliphatic carbocycles. The van der Waals surface area contributed by atoms with Crippen LogP contribution in [0.4, 0.5) is 5.82 Å². The number of rotatable bonds is 5. The van der Waals surface area contributed by atoms with Crippen molar-refractivity contribution < 1.29 is 4.74 Å². The Hall–Kier alpha value is -2.24. The molecular formula is C17H21N5O. The molecule has 1 saturated heterocycles. The largest absolute Gasteiger partial charge is 0.476 e. The van der Waals surface area contributed by atoms with E-state index in [1.807, 2.05) is 31.3 Å². The van der Waals surface area contributed by atoms with Gasteiger partial charge in [0.15, 0.2) is 0 Å².